The van der Waals surface area contributed by atoms with Crippen molar-refractivity contribution in [3.05, 3.63) is 58.8 Å². The lowest BCUT2D eigenvalue weighted by atomic mass is 9.72. The largest absolute Gasteiger partial charge is 0.493 e. The van der Waals surface area contributed by atoms with Gasteiger partial charge in [-0.25, -0.2) is 0 Å². The number of nitrogens with zero attached hydrogens (tertiary/aromatic N) is 1. The van der Waals surface area contributed by atoms with Crippen LogP contribution in [0.3, 0.4) is 0 Å². The minimum atomic E-state index is -5.59. The first kappa shape index (κ1) is 30.7. The molecule has 0 fully saturated rings. The standard InChI is InChI=1S/C28H26F6N2O6/c1-25(2)12-17-21(18(37)13-25)26(28(32,33)34,24(39)36(17)16-8-6-7-15(11-16)27(29,30)31)35-23(38)14-9-19(40-3)22(42-5)20(10-14)41-4/h6-11H,12-13H2,1-5H3,(H,35,38)/t26-/m0/s1. The van der Waals surface area contributed by atoms with Crippen molar-refractivity contribution in [2.24, 2.45) is 5.41 Å². The Hall–Kier alpha value is -4.23. The van der Waals surface area contributed by atoms with Gasteiger partial charge in [-0.2, -0.15) is 26.3 Å². The zero-order chi connectivity index (χ0) is 31.4. The molecule has 1 N–H and O–H groups in total. The molecule has 0 bridgehead atoms. The van der Waals surface area contributed by atoms with Gasteiger partial charge in [0, 0.05) is 23.4 Å². The summed E-state index contributed by atoms with van der Waals surface area (Å²) in [5.74, 6) is -4.49. The predicted molar refractivity (Wildman–Crippen MR) is 136 cm³/mol. The number of nitrogens with one attached hydrogen (secondary N) is 1. The molecule has 2 aromatic rings. The third-order valence-electron chi connectivity index (χ3n) is 7.11. The van der Waals surface area contributed by atoms with Gasteiger partial charge in [-0.3, -0.25) is 19.3 Å². The van der Waals surface area contributed by atoms with E-state index in [1.807, 2.05) is 0 Å². The average Bonchev–Trinajstić information content (AvgIpc) is 3.14. The molecular weight excluding hydrogens is 574 g/mol. The number of halogens is 6. The summed E-state index contributed by atoms with van der Waals surface area (Å²) in [5.41, 5.74) is -8.53. The van der Waals surface area contributed by atoms with E-state index in [-0.39, 0.29) is 23.7 Å². The Balaban J connectivity index is 1.95. The molecule has 0 aromatic heterocycles. The van der Waals surface area contributed by atoms with Crippen LogP contribution < -0.4 is 24.4 Å². The lowest BCUT2D eigenvalue weighted by Crippen LogP contribution is -2.66. The van der Waals surface area contributed by atoms with Crippen molar-refractivity contribution >= 4 is 23.3 Å². The molecule has 2 aliphatic rings. The van der Waals surface area contributed by atoms with Crippen molar-refractivity contribution in [1.29, 1.82) is 0 Å². The summed E-state index contributed by atoms with van der Waals surface area (Å²) in [6, 6.07) is 5.26. The Morgan fingerprint density at radius 2 is 1.50 bits per heavy atom. The van der Waals surface area contributed by atoms with Gasteiger partial charge in [0.2, 0.25) is 11.3 Å². The summed E-state index contributed by atoms with van der Waals surface area (Å²) in [5, 5.41) is 1.73. The van der Waals surface area contributed by atoms with Crippen molar-refractivity contribution in [2.75, 3.05) is 26.2 Å². The van der Waals surface area contributed by atoms with E-state index in [9.17, 15) is 27.6 Å². The highest BCUT2D eigenvalue weighted by Crippen LogP contribution is 2.53. The monoisotopic (exact) mass is 600 g/mol. The van der Waals surface area contributed by atoms with E-state index in [1.54, 1.807) is 19.2 Å². The van der Waals surface area contributed by atoms with Gasteiger partial charge in [-0.1, -0.05) is 19.9 Å². The maximum atomic E-state index is 15.1. The summed E-state index contributed by atoms with van der Waals surface area (Å²) in [4.78, 5) is 41.2. The first-order valence-electron chi connectivity index (χ1n) is 12.4. The third-order valence-corrected chi connectivity index (χ3v) is 7.11. The Labute approximate surface area is 236 Å². The molecule has 0 unspecified atom stereocenters. The topological polar surface area (TPSA) is 94.2 Å². The zero-order valence-corrected chi connectivity index (χ0v) is 23.0. The number of carbonyl (C=O) groups is 3. The molecule has 8 nitrogen and oxygen atoms in total. The van der Waals surface area contributed by atoms with Crippen molar-refractivity contribution in [1.82, 2.24) is 5.32 Å². The number of amides is 2. The van der Waals surface area contributed by atoms with Gasteiger partial charge in [0.05, 0.1) is 32.5 Å². The van der Waals surface area contributed by atoms with Gasteiger partial charge in [-0.15, -0.1) is 0 Å². The number of carbonyl (C=O) groups excluding carboxylic acids is 3. The van der Waals surface area contributed by atoms with Crippen LogP contribution in [0.2, 0.25) is 0 Å². The smallest absolute Gasteiger partial charge is 0.425 e. The highest BCUT2D eigenvalue weighted by Gasteiger charge is 2.72. The van der Waals surface area contributed by atoms with Crippen molar-refractivity contribution in [3.8, 4) is 17.2 Å². The van der Waals surface area contributed by atoms with Crippen LogP contribution in [0.5, 0.6) is 17.2 Å². The molecule has 0 saturated carbocycles. The highest BCUT2D eigenvalue weighted by atomic mass is 19.4. The van der Waals surface area contributed by atoms with Crippen molar-refractivity contribution in [2.45, 2.75) is 44.6 Å². The molecule has 226 valence electrons. The van der Waals surface area contributed by atoms with Crippen LogP contribution in [0.1, 0.15) is 42.6 Å². The number of rotatable bonds is 6. The van der Waals surface area contributed by atoms with Crippen LogP contribution in [0.15, 0.2) is 47.7 Å². The number of alkyl halides is 6. The molecule has 4 rings (SSSR count). The van der Waals surface area contributed by atoms with Gasteiger partial charge < -0.3 is 19.5 Å². The lowest BCUT2D eigenvalue weighted by Gasteiger charge is -2.35. The summed E-state index contributed by atoms with van der Waals surface area (Å²) in [7, 11) is 3.69. The van der Waals surface area contributed by atoms with Crippen molar-refractivity contribution in [3.63, 3.8) is 0 Å². The second-order valence-corrected chi connectivity index (χ2v) is 10.6. The Kier molecular flexibility index (Phi) is 7.49. The number of hydrogen-bond donors (Lipinski definition) is 1. The van der Waals surface area contributed by atoms with Gasteiger partial charge >= 0.3 is 12.4 Å². The SMILES string of the molecule is COc1cc(C(=O)N[C@]2(C(F)(F)F)C(=O)N(c3cccc(C(F)(F)F)c3)C3=C2C(=O)CC(C)(C)C3)cc(OC)c1OC. The fourth-order valence-electron chi connectivity index (χ4n) is 5.30. The maximum Gasteiger partial charge on any atom is 0.425 e. The van der Waals surface area contributed by atoms with Crippen LogP contribution >= 0.6 is 0 Å². The fraction of sp³-hybridized carbons (Fsp3) is 0.393. The normalized spacial score (nSPS) is 20.4. The first-order valence-corrected chi connectivity index (χ1v) is 12.4. The lowest BCUT2D eigenvalue weighted by molar-refractivity contribution is -0.186. The fourth-order valence-corrected chi connectivity index (χ4v) is 5.30. The molecule has 2 aromatic carbocycles. The summed E-state index contributed by atoms with van der Waals surface area (Å²) >= 11 is 0. The molecule has 2 amide bonds. The molecule has 14 heteroatoms. The number of benzene rings is 2. The van der Waals surface area contributed by atoms with Crippen LogP contribution in [0.4, 0.5) is 32.0 Å². The molecule has 1 heterocycles. The number of allylic oxidation sites excluding steroid dienone is 1. The summed E-state index contributed by atoms with van der Waals surface area (Å²) in [6.45, 7) is 3.15. The molecule has 0 radical (unpaired) electrons. The quantitative estimate of drug-likeness (QED) is 0.444. The van der Waals surface area contributed by atoms with E-state index in [0.29, 0.717) is 17.0 Å². The van der Waals surface area contributed by atoms with Crippen LogP contribution in [0, 0.1) is 5.41 Å². The average molecular weight is 601 g/mol. The van der Waals surface area contributed by atoms with Gasteiger partial charge in [0.25, 0.3) is 11.8 Å². The summed E-state index contributed by atoms with van der Waals surface area (Å²) < 4.78 is 101. The number of Topliss-reactive ketones (excluding diaryl/α,β-unsaturated/α-hetero) is 1. The zero-order valence-electron chi connectivity index (χ0n) is 23.0. The maximum absolute atomic E-state index is 15.1. The first-order chi connectivity index (χ1) is 19.4. The highest BCUT2D eigenvalue weighted by molar-refractivity contribution is 6.21. The van der Waals surface area contributed by atoms with E-state index in [2.05, 4.69) is 0 Å². The van der Waals surface area contributed by atoms with Gasteiger partial charge in [0.1, 0.15) is 0 Å². The summed E-state index contributed by atoms with van der Waals surface area (Å²) in [6.07, 6.45) is -11.1. The number of ether oxygens (including phenoxy) is 3. The number of methoxy groups -OCH3 is 3. The molecule has 1 aliphatic carbocycles. The van der Waals surface area contributed by atoms with E-state index in [1.165, 1.54) is 21.3 Å². The molecule has 0 spiro atoms. The van der Waals surface area contributed by atoms with E-state index < -0.39 is 75.4 Å². The van der Waals surface area contributed by atoms with Crippen LogP contribution in [-0.2, 0) is 15.8 Å². The van der Waals surface area contributed by atoms with Crippen molar-refractivity contribution < 1.29 is 54.9 Å². The molecule has 42 heavy (non-hydrogen) atoms. The van der Waals surface area contributed by atoms with Crippen LogP contribution in [-0.4, -0.2) is 50.6 Å². The van der Waals surface area contributed by atoms with Crippen LogP contribution in [0.25, 0.3) is 0 Å². The third kappa shape index (κ3) is 4.92. The Bertz CT molecular complexity index is 1470. The molecule has 0 saturated heterocycles. The Morgan fingerprint density at radius 3 is 2.00 bits per heavy atom. The number of ketones is 1. The number of anilines is 1. The minimum Gasteiger partial charge on any atom is -0.493 e. The van der Waals surface area contributed by atoms with Gasteiger partial charge in [-0.05, 0) is 42.2 Å². The van der Waals surface area contributed by atoms with Gasteiger partial charge in [0.15, 0.2) is 17.3 Å². The Morgan fingerprint density at radius 1 is 0.905 bits per heavy atom. The second-order valence-electron chi connectivity index (χ2n) is 10.6. The second kappa shape index (κ2) is 10.2. The van der Waals surface area contributed by atoms with E-state index >= 15 is 13.2 Å². The molecular formula is C28H26F6N2O6. The van der Waals surface area contributed by atoms with E-state index in [4.69, 9.17) is 14.2 Å². The predicted octanol–water partition coefficient (Wildman–Crippen LogP) is 5.45. The van der Waals surface area contributed by atoms with E-state index in [0.717, 1.165) is 24.3 Å². The molecule has 1 aliphatic heterocycles. The minimum absolute atomic E-state index is 0.0319. The number of hydrogen-bond acceptors (Lipinski definition) is 6. The molecule has 1 atom stereocenters.